The van der Waals surface area contributed by atoms with Gasteiger partial charge in [-0.1, -0.05) is 13.0 Å². The molecule has 4 rings (SSSR count). The second-order valence-electron chi connectivity index (χ2n) is 7.06. The molecule has 0 spiro atoms. The first-order chi connectivity index (χ1) is 15.3. The molecule has 2 aromatic heterocycles. The van der Waals surface area contributed by atoms with E-state index in [0.717, 1.165) is 12.7 Å². The van der Waals surface area contributed by atoms with Crippen molar-refractivity contribution >= 4 is 26.7 Å². The van der Waals surface area contributed by atoms with E-state index in [-0.39, 0.29) is 22.3 Å². The standard InChI is InChI=1S/C20H22N6O5S/c1-4-8-30-13-6-5-7-14(9-13)31-18-11-17-16(25(2)20(27)26(17)3)10-15(18)24-32(28,29)19-21-12-22-23-19/h5-7,9-12,24H,4,8H2,1-3H3,(H,21,22,23). The summed E-state index contributed by atoms with van der Waals surface area (Å²) in [6.45, 7) is 2.57. The molecule has 2 heterocycles. The number of nitrogens with one attached hydrogen (secondary N) is 2. The van der Waals surface area contributed by atoms with Gasteiger partial charge in [-0.25, -0.2) is 4.79 Å². The predicted octanol–water partition coefficient (Wildman–Crippen LogP) is 2.38. The number of anilines is 1. The lowest BCUT2D eigenvalue weighted by molar-refractivity contribution is 0.316. The Hall–Kier alpha value is -3.80. The van der Waals surface area contributed by atoms with Crippen LogP contribution in [-0.2, 0) is 24.1 Å². The highest BCUT2D eigenvalue weighted by Gasteiger charge is 2.22. The van der Waals surface area contributed by atoms with E-state index in [2.05, 4.69) is 19.9 Å². The zero-order valence-electron chi connectivity index (χ0n) is 17.7. The smallest absolute Gasteiger partial charge is 0.328 e. The van der Waals surface area contributed by atoms with Crippen molar-refractivity contribution in [1.82, 2.24) is 24.3 Å². The molecule has 0 radical (unpaired) electrons. The summed E-state index contributed by atoms with van der Waals surface area (Å²) in [6, 6.07) is 10.2. The largest absolute Gasteiger partial charge is 0.493 e. The molecular weight excluding hydrogens is 436 g/mol. The molecule has 168 valence electrons. The highest BCUT2D eigenvalue weighted by molar-refractivity contribution is 7.92. The van der Waals surface area contributed by atoms with E-state index in [1.807, 2.05) is 6.92 Å². The van der Waals surface area contributed by atoms with Gasteiger partial charge in [0.05, 0.1) is 23.3 Å². The van der Waals surface area contributed by atoms with E-state index < -0.39 is 10.0 Å². The first-order valence-electron chi connectivity index (χ1n) is 9.79. The summed E-state index contributed by atoms with van der Waals surface area (Å²) in [7, 11) is -0.831. The molecule has 12 heteroatoms. The fourth-order valence-electron chi connectivity index (χ4n) is 3.18. The Bertz CT molecular complexity index is 1420. The molecule has 2 aromatic carbocycles. The molecular formula is C20H22N6O5S. The van der Waals surface area contributed by atoms with Crippen molar-refractivity contribution in [2.75, 3.05) is 11.3 Å². The van der Waals surface area contributed by atoms with E-state index in [0.29, 0.717) is 29.1 Å². The molecule has 4 aromatic rings. The number of aromatic nitrogens is 5. The quantitative estimate of drug-likeness (QED) is 0.414. The Balaban J connectivity index is 1.80. The first kappa shape index (κ1) is 21.4. The summed E-state index contributed by atoms with van der Waals surface area (Å²) in [5.41, 5.74) is 0.986. The van der Waals surface area contributed by atoms with Crippen LogP contribution < -0.4 is 19.9 Å². The van der Waals surface area contributed by atoms with Gasteiger partial charge < -0.3 is 14.5 Å². The molecule has 0 aliphatic rings. The highest BCUT2D eigenvalue weighted by Crippen LogP contribution is 2.35. The van der Waals surface area contributed by atoms with Crippen molar-refractivity contribution in [3.63, 3.8) is 0 Å². The third-order valence-corrected chi connectivity index (χ3v) is 5.97. The minimum Gasteiger partial charge on any atom is -0.493 e. The maximum absolute atomic E-state index is 12.7. The Morgan fingerprint density at radius 3 is 2.50 bits per heavy atom. The van der Waals surface area contributed by atoms with E-state index >= 15 is 0 Å². The van der Waals surface area contributed by atoms with E-state index in [9.17, 15) is 13.2 Å². The number of rotatable bonds is 8. The van der Waals surface area contributed by atoms with Gasteiger partial charge in [-0.05, 0) is 24.6 Å². The molecule has 0 saturated carbocycles. The van der Waals surface area contributed by atoms with Gasteiger partial charge in [0.2, 0.25) is 0 Å². The summed E-state index contributed by atoms with van der Waals surface area (Å²) >= 11 is 0. The molecule has 0 amide bonds. The van der Waals surface area contributed by atoms with Crippen molar-refractivity contribution in [3.05, 3.63) is 53.2 Å². The Kier molecular flexibility index (Phi) is 5.61. The van der Waals surface area contributed by atoms with Crippen LogP contribution in [0, 0.1) is 0 Å². The van der Waals surface area contributed by atoms with Crippen molar-refractivity contribution in [1.29, 1.82) is 0 Å². The van der Waals surface area contributed by atoms with Crippen LogP contribution >= 0.6 is 0 Å². The van der Waals surface area contributed by atoms with Crippen LogP contribution in [0.5, 0.6) is 17.2 Å². The molecule has 11 nitrogen and oxygen atoms in total. The number of imidazole rings is 1. The van der Waals surface area contributed by atoms with Crippen LogP contribution in [0.3, 0.4) is 0 Å². The number of ether oxygens (including phenoxy) is 2. The van der Waals surface area contributed by atoms with E-state index in [1.54, 1.807) is 44.4 Å². The lowest BCUT2D eigenvalue weighted by atomic mass is 10.2. The molecule has 0 aliphatic heterocycles. The lowest BCUT2D eigenvalue weighted by Gasteiger charge is -2.14. The number of aryl methyl sites for hydroxylation is 2. The number of fused-ring (bicyclic) bond motifs is 1. The SMILES string of the molecule is CCCOc1cccc(Oc2cc3c(cc2NS(=O)(=O)c2nnc[nH]2)n(C)c(=O)n3C)c1. The average Bonchev–Trinajstić information content (AvgIpc) is 3.39. The van der Waals surface area contributed by atoms with Gasteiger partial charge in [-0.3, -0.25) is 13.9 Å². The number of benzene rings is 2. The Labute approximate surface area is 183 Å². The third kappa shape index (κ3) is 4.04. The number of aromatic amines is 1. The zero-order chi connectivity index (χ0) is 22.9. The van der Waals surface area contributed by atoms with Gasteiger partial charge >= 0.3 is 5.69 Å². The molecule has 0 unspecified atom stereocenters. The van der Waals surface area contributed by atoms with Crippen LogP contribution in [-0.4, -0.2) is 39.3 Å². The molecule has 0 aliphatic carbocycles. The number of hydrogen-bond donors (Lipinski definition) is 2. The molecule has 32 heavy (non-hydrogen) atoms. The predicted molar refractivity (Wildman–Crippen MR) is 118 cm³/mol. The summed E-state index contributed by atoms with van der Waals surface area (Å²) < 4.78 is 42.5. The van der Waals surface area contributed by atoms with Crippen LogP contribution in [0.1, 0.15) is 13.3 Å². The second-order valence-corrected chi connectivity index (χ2v) is 8.66. The summed E-state index contributed by atoms with van der Waals surface area (Å²) in [5, 5.41) is 6.73. The zero-order valence-corrected chi connectivity index (χ0v) is 18.5. The Morgan fingerprint density at radius 2 is 1.81 bits per heavy atom. The van der Waals surface area contributed by atoms with Crippen molar-refractivity contribution < 1.29 is 17.9 Å². The molecule has 0 fully saturated rings. The number of hydrogen-bond acceptors (Lipinski definition) is 7. The van der Waals surface area contributed by atoms with E-state index in [4.69, 9.17) is 9.47 Å². The summed E-state index contributed by atoms with van der Waals surface area (Å²) in [6.07, 6.45) is 2.02. The number of H-pyrrole nitrogens is 1. The maximum Gasteiger partial charge on any atom is 0.328 e. The monoisotopic (exact) mass is 458 g/mol. The number of nitrogens with zero attached hydrogens (tertiary/aromatic N) is 4. The minimum absolute atomic E-state index is 0.134. The van der Waals surface area contributed by atoms with Crippen LogP contribution in [0.4, 0.5) is 5.69 Å². The van der Waals surface area contributed by atoms with E-state index in [1.165, 1.54) is 15.2 Å². The van der Waals surface area contributed by atoms with Gasteiger partial charge in [-0.15, -0.1) is 10.2 Å². The van der Waals surface area contributed by atoms with Crippen molar-refractivity contribution in [2.45, 2.75) is 18.5 Å². The normalized spacial score (nSPS) is 11.6. The summed E-state index contributed by atoms with van der Waals surface area (Å²) in [5.74, 6) is 1.27. The van der Waals surface area contributed by atoms with Crippen molar-refractivity contribution in [3.8, 4) is 17.2 Å². The van der Waals surface area contributed by atoms with Gasteiger partial charge in [0.25, 0.3) is 15.2 Å². The molecule has 2 N–H and O–H groups in total. The van der Waals surface area contributed by atoms with Crippen LogP contribution in [0.15, 0.2) is 52.7 Å². The average molecular weight is 459 g/mol. The maximum atomic E-state index is 12.7. The highest BCUT2D eigenvalue weighted by atomic mass is 32.2. The van der Waals surface area contributed by atoms with Gasteiger partial charge in [0, 0.05) is 26.2 Å². The molecule has 0 saturated heterocycles. The first-order valence-corrected chi connectivity index (χ1v) is 11.3. The topological polar surface area (TPSA) is 133 Å². The Morgan fingerprint density at radius 1 is 1.09 bits per heavy atom. The number of sulfonamides is 1. The third-order valence-electron chi connectivity index (χ3n) is 4.77. The van der Waals surface area contributed by atoms with Gasteiger partial charge in [0.15, 0.2) is 5.75 Å². The van der Waals surface area contributed by atoms with Gasteiger partial charge in [0.1, 0.15) is 17.8 Å². The summed E-state index contributed by atoms with van der Waals surface area (Å²) in [4.78, 5) is 14.9. The lowest BCUT2D eigenvalue weighted by Crippen LogP contribution is -2.19. The minimum atomic E-state index is -4.07. The van der Waals surface area contributed by atoms with Crippen LogP contribution in [0.25, 0.3) is 11.0 Å². The fourth-order valence-corrected chi connectivity index (χ4v) is 4.09. The molecule has 0 atom stereocenters. The molecule has 0 bridgehead atoms. The van der Waals surface area contributed by atoms with Crippen molar-refractivity contribution in [2.24, 2.45) is 14.1 Å². The van der Waals surface area contributed by atoms with Crippen LogP contribution in [0.2, 0.25) is 0 Å². The fraction of sp³-hybridized carbons (Fsp3) is 0.250. The van der Waals surface area contributed by atoms with Gasteiger partial charge in [-0.2, -0.15) is 8.42 Å². The second kappa shape index (κ2) is 8.38.